The molecule has 2 rings (SSSR count). The minimum atomic E-state index is 0.302. The molecule has 0 amide bonds. The molecule has 0 aliphatic heterocycles. The minimum Gasteiger partial charge on any atom is -0.304 e. The molecule has 1 unspecified atom stereocenters. The number of aromatic nitrogens is 1. The third kappa shape index (κ3) is 3.53. The smallest absolute Gasteiger partial charge is 0.107 e. The third-order valence-electron chi connectivity index (χ3n) is 2.60. The van der Waals surface area contributed by atoms with E-state index in [2.05, 4.69) is 22.6 Å². The summed E-state index contributed by atoms with van der Waals surface area (Å²) in [5, 5.41) is 7.43. The highest BCUT2D eigenvalue weighted by molar-refractivity contribution is 7.09. The van der Waals surface area contributed by atoms with E-state index in [4.69, 9.17) is 11.6 Å². The summed E-state index contributed by atoms with van der Waals surface area (Å²) in [6.45, 7) is 4.97. The normalized spacial score (nSPS) is 12.6. The van der Waals surface area contributed by atoms with Gasteiger partial charge >= 0.3 is 0 Å². The molecule has 0 fully saturated rings. The van der Waals surface area contributed by atoms with Crippen molar-refractivity contribution in [2.75, 3.05) is 0 Å². The maximum Gasteiger partial charge on any atom is 0.107 e. The predicted octanol–water partition coefficient (Wildman–Crippen LogP) is 3.96. The summed E-state index contributed by atoms with van der Waals surface area (Å²) in [4.78, 5) is 4.43. The van der Waals surface area contributed by atoms with E-state index in [1.165, 1.54) is 5.56 Å². The van der Waals surface area contributed by atoms with Crippen molar-refractivity contribution in [2.24, 2.45) is 0 Å². The first-order chi connectivity index (χ1) is 8.15. The molecule has 1 atom stereocenters. The van der Waals surface area contributed by atoms with E-state index in [1.54, 1.807) is 11.3 Å². The van der Waals surface area contributed by atoms with Crippen LogP contribution in [0.1, 0.15) is 29.2 Å². The minimum absolute atomic E-state index is 0.302. The molecule has 2 aromatic rings. The average Bonchev–Trinajstić information content (AvgIpc) is 2.73. The molecule has 2 nitrogen and oxygen atoms in total. The van der Waals surface area contributed by atoms with Crippen molar-refractivity contribution in [1.29, 1.82) is 0 Å². The van der Waals surface area contributed by atoms with Gasteiger partial charge in [-0.1, -0.05) is 23.7 Å². The zero-order valence-corrected chi connectivity index (χ0v) is 11.5. The summed E-state index contributed by atoms with van der Waals surface area (Å²) in [6.07, 6.45) is 0. The highest BCUT2D eigenvalue weighted by Crippen LogP contribution is 2.17. The van der Waals surface area contributed by atoms with E-state index in [9.17, 15) is 0 Å². The number of nitrogens with one attached hydrogen (secondary N) is 1. The topological polar surface area (TPSA) is 24.9 Å². The summed E-state index contributed by atoms with van der Waals surface area (Å²) < 4.78 is 0. The van der Waals surface area contributed by atoms with E-state index in [0.29, 0.717) is 6.04 Å². The zero-order valence-electron chi connectivity index (χ0n) is 9.90. The zero-order chi connectivity index (χ0) is 12.3. The lowest BCUT2D eigenvalue weighted by molar-refractivity contribution is 0.573. The Morgan fingerprint density at radius 3 is 2.65 bits per heavy atom. The summed E-state index contributed by atoms with van der Waals surface area (Å²) in [7, 11) is 0. The molecule has 17 heavy (non-hydrogen) atoms. The lowest BCUT2D eigenvalue weighted by Crippen LogP contribution is -2.17. The number of nitrogens with zero attached hydrogens (tertiary/aromatic N) is 1. The number of benzene rings is 1. The predicted molar refractivity (Wildman–Crippen MR) is 73.6 cm³/mol. The Morgan fingerprint density at radius 1 is 1.35 bits per heavy atom. The van der Waals surface area contributed by atoms with Gasteiger partial charge in [0.15, 0.2) is 0 Å². The van der Waals surface area contributed by atoms with Crippen LogP contribution in [0.5, 0.6) is 0 Å². The van der Waals surface area contributed by atoms with Crippen molar-refractivity contribution in [2.45, 2.75) is 26.4 Å². The van der Waals surface area contributed by atoms with Crippen LogP contribution in [0.4, 0.5) is 0 Å². The van der Waals surface area contributed by atoms with Gasteiger partial charge in [0.2, 0.25) is 0 Å². The lowest BCUT2D eigenvalue weighted by Gasteiger charge is -2.13. The molecule has 0 aliphatic rings. The van der Waals surface area contributed by atoms with Gasteiger partial charge in [-0.3, -0.25) is 0 Å². The Morgan fingerprint density at radius 2 is 2.06 bits per heavy atom. The van der Waals surface area contributed by atoms with Crippen molar-refractivity contribution in [3.05, 3.63) is 50.9 Å². The standard InChI is InChI=1S/C13H15ClN2S/c1-9-8-17-13(16-9)7-15-10(2)11-3-5-12(14)6-4-11/h3-6,8,10,15H,7H2,1-2H3. The molecular weight excluding hydrogens is 252 g/mol. The average molecular weight is 267 g/mol. The Bertz CT molecular complexity index is 478. The van der Waals surface area contributed by atoms with E-state index >= 15 is 0 Å². The van der Waals surface area contributed by atoms with E-state index in [0.717, 1.165) is 22.3 Å². The number of hydrogen-bond donors (Lipinski definition) is 1. The fourth-order valence-corrected chi connectivity index (χ4v) is 2.44. The van der Waals surface area contributed by atoms with Crippen LogP contribution in [0.3, 0.4) is 0 Å². The van der Waals surface area contributed by atoms with E-state index in [-0.39, 0.29) is 0 Å². The molecular formula is C13H15ClN2S. The van der Waals surface area contributed by atoms with Gasteiger partial charge in [-0.2, -0.15) is 0 Å². The van der Waals surface area contributed by atoms with Gasteiger partial charge in [0.05, 0.1) is 0 Å². The van der Waals surface area contributed by atoms with Gasteiger partial charge in [-0.25, -0.2) is 4.98 Å². The van der Waals surface area contributed by atoms with Crippen LogP contribution in [0.2, 0.25) is 5.02 Å². The highest BCUT2D eigenvalue weighted by Gasteiger charge is 2.06. The number of hydrogen-bond acceptors (Lipinski definition) is 3. The van der Waals surface area contributed by atoms with Crippen LogP contribution in [0, 0.1) is 6.92 Å². The maximum absolute atomic E-state index is 5.86. The SMILES string of the molecule is Cc1csc(CNC(C)c2ccc(Cl)cc2)n1. The Kier molecular flexibility index (Phi) is 4.15. The van der Waals surface area contributed by atoms with E-state index in [1.807, 2.05) is 31.2 Å². The lowest BCUT2D eigenvalue weighted by atomic mass is 10.1. The van der Waals surface area contributed by atoms with Crippen LogP contribution in [0.15, 0.2) is 29.6 Å². The number of rotatable bonds is 4. The Hall–Kier alpha value is -0.900. The van der Waals surface area contributed by atoms with Crippen molar-refractivity contribution in [3.8, 4) is 0 Å². The third-order valence-corrected chi connectivity index (χ3v) is 3.81. The molecule has 0 saturated heterocycles. The van der Waals surface area contributed by atoms with Crippen LogP contribution < -0.4 is 5.32 Å². The van der Waals surface area contributed by atoms with Crippen molar-refractivity contribution in [1.82, 2.24) is 10.3 Å². The molecule has 1 N–H and O–H groups in total. The largest absolute Gasteiger partial charge is 0.304 e. The number of thiazole rings is 1. The molecule has 0 radical (unpaired) electrons. The molecule has 1 aromatic heterocycles. The highest BCUT2D eigenvalue weighted by atomic mass is 35.5. The fraction of sp³-hybridized carbons (Fsp3) is 0.308. The summed E-state index contributed by atoms with van der Waals surface area (Å²) in [6, 6.07) is 8.24. The quantitative estimate of drug-likeness (QED) is 0.906. The van der Waals surface area contributed by atoms with Crippen molar-refractivity contribution < 1.29 is 0 Å². The molecule has 0 bridgehead atoms. The number of aryl methyl sites for hydroxylation is 1. The first-order valence-corrected chi connectivity index (χ1v) is 6.81. The fourth-order valence-electron chi connectivity index (χ4n) is 1.59. The van der Waals surface area contributed by atoms with Gasteiger partial charge < -0.3 is 5.32 Å². The molecule has 0 spiro atoms. The molecule has 4 heteroatoms. The van der Waals surface area contributed by atoms with Crippen LogP contribution in [0.25, 0.3) is 0 Å². The van der Waals surface area contributed by atoms with Gasteiger partial charge in [0, 0.05) is 28.7 Å². The molecule has 1 aromatic carbocycles. The first kappa shape index (κ1) is 12.6. The second-order valence-corrected chi connectivity index (χ2v) is 5.42. The molecule has 90 valence electrons. The summed E-state index contributed by atoms with van der Waals surface area (Å²) >= 11 is 7.56. The molecule has 1 heterocycles. The van der Waals surface area contributed by atoms with Gasteiger partial charge in [0.25, 0.3) is 0 Å². The van der Waals surface area contributed by atoms with Gasteiger partial charge in [-0.05, 0) is 31.5 Å². The Balaban J connectivity index is 1.93. The monoisotopic (exact) mass is 266 g/mol. The Labute approximate surface area is 111 Å². The second-order valence-electron chi connectivity index (χ2n) is 4.04. The molecule has 0 aliphatic carbocycles. The first-order valence-electron chi connectivity index (χ1n) is 5.55. The van der Waals surface area contributed by atoms with Crippen molar-refractivity contribution >= 4 is 22.9 Å². The second kappa shape index (κ2) is 5.63. The van der Waals surface area contributed by atoms with Crippen LogP contribution >= 0.6 is 22.9 Å². The van der Waals surface area contributed by atoms with Crippen LogP contribution in [-0.4, -0.2) is 4.98 Å². The van der Waals surface area contributed by atoms with Crippen LogP contribution in [-0.2, 0) is 6.54 Å². The summed E-state index contributed by atoms with van der Waals surface area (Å²) in [5.41, 5.74) is 2.33. The maximum atomic E-state index is 5.86. The van der Waals surface area contributed by atoms with Gasteiger partial charge in [-0.15, -0.1) is 11.3 Å². The number of halogens is 1. The van der Waals surface area contributed by atoms with Gasteiger partial charge in [0.1, 0.15) is 5.01 Å². The molecule has 0 saturated carbocycles. The van der Waals surface area contributed by atoms with E-state index < -0.39 is 0 Å². The summed E-state index contributed by atoms with van der Waals surface area (Å²) in [5.74, 6) is 0. The van der Waals surface area contributed by atoms with Crippen molar-refractivity contribution in [3.63, 3.8) is 0 Å².